The number of sulfone groups is 1. The predicted molar refractivity (Wildman–Crippen MR) is 111 cm³/mol. The molecule has 0 atom stereocenters. The molecule has 1 aromatic heterocycles. The lowest BCUT2D eigenvalue weighted by Crippen LogP contribution is -2.29. The van der Waals surface area contributed by atoms with Gasteiger partial charge in [0.05, 0.1) is 4.90 Å². The van der Waals surface area contributed by atoms with Crippen LogP contribution in [0, 0.1) is 0 Å². The van der Waals surface area contributed by atoms with Gasteiger partial charge in [0.15, 0.2) is 4.21 Å². The SMILES string of the molecule is O=S(=O)(N=C(NO)Nc1ccc(Cl)cc1)c1sccc1S(=O)(=O)c1ccccc1. The van der Waals surface area contributed by atoms with Gasteiger partial charge in [-0.25, -0.2) is 13.9 Å². The van der Waals surface area contributed by atoms with Gasteiger partial charge in [-0.3, -0.25) is 5.21 Å². The van der Waals surface area contributed by atoms with Crippen molar-refractivity contribution in [3.8, 4) is 0 Å². The lowest BCUT2D eigenvalue weighted by atomic mass is 10.3. The minimum Gasteiger partial charge on any atom is -0.324 e. The number of hydrogen-bond donors (Lipinski definition) is 3. The summed E-state index contributed by atoms with van der Waals surface area (Å²) in [5.41, 5.74) is 2.05. The van der Waals surface area contributed by atoms with Crippen LogP contribution in [0.5, 0.6) is 0 Å². The molecule has 12 heteroatoms. The summed E-state index contributed by atoms with van der Waals surface area (Å²) in [5, 5.41) is 13.6. The fraction of sp³-hybridized carbons (Fsp3) is 0. The van der Waals surface area contributed by atoms with Crippen LogP contribution in [0.25, 0.3) is 0 Å². The van der Waals surface area contributed by atoms with Gasteiger partial charge in [0, 0.05) is 10.7 Å². The van der Waals surface area contributed by atoms with Gasteiger partial charge in [0.1, 0.15) is 4.90 Å². The van der Waals surface area contributed by atoms with E-state index in [9.17, 15) is 22.0 Å². The first kappa shape index (κ1) is 21.3. The number of nitrogens with one attached hydrogen (secondary N) is 2. The van der Waals surface area contributed by atoms with E-state index in [1.807, 2.05) is 0 Å². The summed E-state index contributed by atoms with van der Waals surface area (Å²) < 4.78 is 54.2. The van der Waals surface area contributed by atoms with Gasteiger partial charge in [0.2, 0.25) is 15.8 Å². The largest absolute Gasteiger partial charge is 0.324 e. The summed E-state index contributed by atoms with van der Waals surface area (Å²) >= 11 is 6.50. The van der Waals surface area contributed by atoms with Crippen molar-refractivity contribution in [1.29, 1.82) is 0 Å². The highest BCUT2D eigenvalue weighted by molar-refractivity contribution is 7.95. The third-order valence-corrected chi connectivity index (χ3v) is 8.66. The summed E-state index contributed by atoms with van der Waals surface area (Å²) in [6.45, 7) is 0. The van der Waals surface area contributed by atoms with E-state index >= 15 is 0 Å². The Morgan fingerprint density at radius 1 is 0.966 bits per heavy atom. The van der Waals surface area contributed by atoms with E-state index in [0.29, 0.717) is 22.0 Å². The molecule has 2 aromatic carbocycles. The Labute approximate surface area is 176 Å². The van der Waals surface area contributed by atoms with Gasteiger partial charge in [-0.15, -0.1) is 15.7 Å². The van der Waals surface area contributed by atoms with Gasteiger partial charge in [0.25, 0.3) is 10.0 Å². The van der Waals surface area contributed by atoms with Gasteiger partial charge < -0.3 is 5.32 Å². The zero-order chi connectivity index (χ0) is 21.1. The number of halogens is 1. The second kappa shape index (κ2) is 8.51. The van der Waals surface area contributed by atoms with Crippen LogP contribution in [0.1, 0.15) is 0 Å². The van der Waals surface area contributed by atoms with Crippen LogP contribution in [0.15, 0.2) is 84.4 Å². The lowest BCUT2D eigenvalue weighted by molar-refractivity contribution is 0.234. The van der Waals surface area contributed by atoms with E-state index in [-0.39, 0.29) is 9.79 Å². The average molecular weight is 472 g/mol. The van der Waals surface area contributed by atoms with Crippen molar-refractivity contribution in [3.05, 3.63) is 71.1 Å². The number of guanidine groups is 1. The topological polar surface area (TPSA) is 125 Å². The number of thiophene rings is 1. The lowest BCUT2D eigenvalue weighted by Gasteiger charge is -2.09. The average Bonchev–Trinajstić information content (AvgIpc) is 3.21. The predicted octanol–water partition coefficient (Wildman–Crippen LogP) is 3.37. The van der Waals surface area contributed by atoms with Crippen molar-refractivity contribution in [2.75, 3.05) is 5.32 Å². The van der Waals surface area contributed by atoms with Crippen molar-refractivity contribution in [2.45, 2.75) is 14.0 Å². The molecule has 0 unspecified atom stereocenters. The smallest absolute Gasteiger partial charge is 0.296 e. The van der Waals surface area contributed by atoms with E-state index in [0.717, 1.165) is 0 Å². The maximum Gasteiger partial charge on any atom is 0.296 e. The third-order valence-electron chi connectivity index (χ3n) is 3.60. The summed E-state index contributed by atoms with van der Waals surface area (Å²) in [6.07, 6.45) is 0. The summed E-state index contributed by atoms with van der Waals surface area (Å²) in [4.78, 5) is -0.431. The van der Waals surface area contributed by atoms with Crippen LogP contribution in [0.2, 0.25) is 5.02 Å². The number of anilines is 1. The number of rotatable bonds is 5. The van der Waals surface area contributed by atoms with Gasteiger partial charge in [-0.05, 0) is 47.8 Å². The van der Waals surface area contributed by atoms with Crippen molar-refractivity contribution >= 4 is 54.4 Å². The normalized spacial score (nSPS) is 12.6. The van der Waals surface area contributed by atoms with E-state index < -0.39 is 30.0 Å². The molecule has 29 heavy (non-hydrogen) atoms. The monoisotopic (exact) mass is 471 g/mol. The van der Waals surface area contributed by atoms with Crippen LogP contribution in [0.3, 0.4) is 0 Å². The molecular weight excluding hydrogens is 458 g/mol. The number of sulfonamides is 1. The molecule has 3 rings (SSSR count). The van der Waals surface area contributed by atoms with Gasteiger partial charge in [-0.1, -0.05) is 29.8 Å². The highest BCUT2D eigenvalue weighted by atomic mass is 35.5. The molecule has 0 saturated heterocycles. The number of hydrogen-bond acceptors (Lipinski definition) is 6. The molecular formula is C17H14ClN3O5S3. The molecule has 0 aliphatic heterocycles. The molecule has 0 fully saturated rings. The molecule has 0 saturated carbocycles. The maximum atomic E-state index is 12.8. The van der Waals surface area contributed by atoms with Crippen molar-refractivity contribution in [3.63, 3.8) is 0 Å². The van der Waals surface area contributed by atoms with Crippen LogP contribution in [-0.2, 0) is 19.9 Å². The summed E-state index contributed by atoms with van der Waals surface area (Å²) in [7, 11) is -8.53. The Hall–Kier alpha value is -2.44. The second-order valence-corrected chi connectivity index (χ2v) is 10.6. The number of nitrogens with zero attached hydrogens (tertiary/aromatic N) is 1. The minimum atomic E-state index is -4.46. The van der Waals surface area contributed by atoms with Crippen molar-refractivity contribution in [1.82, 2.24) is 5.48 Å². The molecule has 0 bridgehead atoms. The first-order valence-corrected chi connectivity index (χ1v) is 12.1. The molecule has 0 amide bonds. The van der Waals surface area contributed by atoms with Crippen molar-refractivity contribution < 1.29 is 22.0 Å². The highest BCUT2D eigenvalue weighted by Crippen LogP contribution is 2.32. The van der Waals surface area contributed by atoms with Crippen molar-refractivity contribution in [2.24, 2.45) is 4.40 Å². The number of hydroxylamine groups is 1. The molecule has 152 valence electrons. The maximum absolute atomic E-state index is 12.8. The van der Waals surface area contributed by atoms with E-state index in [1.165, 1.54) is 47.8 Å². The molecule has 0 aliphatic rings. The zero-order valence-corrected chi connectivity index (χ0v) is 17.7. The van der Waals surface area contributed by atoms with Gasteiger partial charge >= 0.3 is 0 Å². The van der Waals surface area contributed by atoms with Crippen LogP contribution in [0.4, 0.5) is 5.69 Å². The summed E-state index contributed by atoms with van der Waals surface area (Å²) in [6, 6.07) is 14.9. The molecule has 3 aromatic rings. The van der Waals surface area contributed by atoms with Crippen LogP contribution >= 0.6 is 22.9 Å². The Balaban J connectivity index is 1.99. The van der Waals surface area contributed by atoms with E-state index in [2.05, 4.69) is 9.71 Å². The highest BCUT2D eigenvalue weighted by Gasteiger charge is 2.29. The molecule has 8 nitrogen and oxygen atoms in total. The fourth-order valence-electron chi connectivity index (χ4n) is 2.30. The molecule has 0 radical (unpaired) electrons. The Kier molecular flexibility index (Phi) is 6.24. The van der Waals surface area contributed by atoms with Crippen LogP contribution < -0.4 is 10.8 Å². The Morgan fingerprint density at radius 3 is 2.24 bits per heavy atom. The van der Waals surface area contributed by atoms with E-state index in [1.54, 1.807) is 23.7 Å². The Morgan fingerprint density at radius 2 is 1.62 bits per heavy atom. The van der Waals surface area contributed by atoms with Gasteiger partial charge in [-0.2, -0.15) is 8.42 Å². The molecule has 3 N–H and O–H groups in total. The fourth-order valence-corrected chi connectivity index (χ4v) is 6.88. The Bertz CT molecular complexity index is 1240. The first-order chi connectivity index (χ1) is 13.7. The second-order valence-electron chi connectivity index (χ2n) is 5.55. The molecule has 1 heterocycles. The third kappa shape index (κ3) is 4.77. The standard InChI is InChI=1S/C17H14ClN3O5S3/c18-12-6-8-13(9-7-12)19-17(20-22)21-29(25,26)16-15(10-11-27-16)28(23,24)14-4-2-1-3-5-14/h1-11,22H,(H2,19,20,21). The molecule has 0 aliphatic carbocycles. The van der Waals surface area contributed by atoms with E-state index in [4.69, 9.17) is 11.6 Å². The quantitative estimate of drug-likeness (QED) is 0.296. The number of benzene rings is 2. The molecule has 0 spiro atoms. The first-order valence-electron chi connectivity index (χ1n) is 7.89. The minimum absolute atomic E-state index is 0.0429. The summed E-state index contributed by atoms with van der Waals surface area (Å²) in [5.74, 6) is -0.510. The van der Waals surface area contributed by atoms with Crippen LogP contribution in [-0.4, -0.2) is 28.0 Å². The zero-order valence-electron chi connectivity index (χ0n) is 14.5.